The van der Waals surface area contributed by atoms with E-state index in [1.807, 2.05) is 0 Å². The van der Waals surface area contributed by atoms with Gasteiger partial charge < -0.3 is 5.32 Å². The molecule has 0 saturated heterocycles. The monoisotopic (exact) mass is 277 g/mol. The van der Waals surface area contributed by atoms with Crippen molar-refractivity contribution in [2.24, 2.45) is 0 Å². The summed E-state index contributed by atoms with van der Waals surface area (Å²) in [5, 5.41) is 3.16. The molecule has 1 rings (SSSR count). The summed E-state index contributed by atoms with van der Waals surface area (Å²) in [6.07, 6.45) is 0.710. The van der Waals surface area contributed by atoms with Gasteiger partial charge in [0.05, 0.1) is 0 Å². The number of amides is 1. The molecule has 0 spiro atoms. The number of hydrogen-bond acceptors (Lipinski definition) is 1. The molecule has 2 nitrogen and oxygen atoms in total. The van der Waals surface area contributed by atoms with Crippen molar-refractivity contribution in [2.45, 2.75) is 6.42 Å². The predicted molar refractivity (Wildman–Crippen MR) is 57.1 cm³/mol. The van der Waals surface area contributed by atoms with Crippen LogP contribution in [0.15, 0.2) is 18.2 Å². The van der Waals surface area contributed by atoms with Crippen LogP contribution in [-0.4, -0.2) is 17.8 Å². The standard InChI is InChI=1S/C10H10BrF2NO/c11-5-2-6-14-10(15)9-7(12)3-1-4-8(9)13/h1,3-4H,2,5-6H2,(H,14,15). The Labute approximate surface area is 94.8 Å². The number of carbonyl (C=O) groups excluding carboxylic acids is 1. The van der Waals surface area contributed by atoms with Gasteiger partial charge in [-0.3, -0.25) is 4.79 Å². The SMILES string of the molecule is O=C(NCCCBr)c1c(F)cccc1F. The summed E-state index contributed by atoms with van der Waals surface area (Å²) in [4.78, 5) is 11.4. The van der Waals surface area contributed by atoms with Crippen LogP contribution in [0.25, 0.3) is 0 Å². The highest BCUT2D eigenvalue weighted by Crippen LogP contribution is 2.11. The third-order valence-electron chi connectivity index (χ3n) is 1.79. The predicted octanol–water partition coefficient (Wildman–Crippen LogP) is 2.48. The van der Waals surface area contributed by atoms with Crippen LogP contribution in [-0.2, 0) is 0 Å². The average molecular weight is 278 g/mol. The summed E-state index contributed by atoms with van der Waals surface area (Å²) in [6.45, 7) is 0.387. The minimum absolute atomic E-state index is 0.387. The summed E-state index contributed by atoms with van der Waals surface area (Å²) in [5.74, 6) is -2.40. The summed E-state index contributed by atoms with van der Waals surface area (Å²) < 4.78 is 26.2. The van der Waals surface area contributed by atoms with E-state index in [0.717, 1.165) is 17.5 Å². The van der Waals surface area contributed by atoms with Gasteiger partial charge in [0.1, 0.15) is 17.2 Å². The zero-order valence-corrected chi connectivity index (χ0v) is 9.48. The van der Waals surface area contributed by atoms with E-state index in [4.69, 9.17) is 0 Å². The Morgan fingerprint density at radius 2 is 1.93 bits per heavy atom. The minimum atomic E-state index is -0.841. The van der Waals surface area contributed by atoms with Crippen LogP contribution < -0.4 is 5.32 Å². The maximum Gasteiger partial charge on any atom is 0.257 e. The number of hydrogen-bond donors (Lipinski definition) is 1. The molecule has 0 atom stereocenters. The Kier molecular flexibility index (Phi) is 4.68. The number of halogens is 3. The molecule has 0 heterocycles. The molecule has 0 aliphatic rings. The molecule has 0 unspecified atom stereocenters. The van der Waals surface area contributed by atoms with Crippen molar-refractivity contribution in [1.82, 2.24) is 5.32 Å². The largest absolute Gasteiger partial charge is 0.352 e. The van der Waals surface area contributed by atoms with Crippen molar-refractivity contribution >= 4 is 21.8 Å². The first-order valence-corrected chi connectivity index (χ1v) is 5.57. The van der Waals surface area contributed by atoms with Gasteiger partial charge in [-0.15, -0.1) is 0 Å². The van der Waals surface area contributed by atoms with Crippen molar-refractivity contribution in [3.8, 4) is 0 Å². The number of alkyl halides is 1. The fraction of sp³-hybridized carbons (Fsp3) is 0.300. The van der Waals surface area contributed by atoms with E-state index in [2.05, 4.69) is 21.2 Å². The van der Waals surface area contributed by atoms with Crippen LogP contribution >= 0.6 is 15.9 Å². The van der Waals surface area contributed by atoms with Crippen molar-refractivity contribution in [3.05, 3.63) is 35.4 Å². The first-order chi connectivity index (χ1) is 7.16. The van der Waals surface area contributed by atoms with Crippen molar-refractivity contribution in [1.29, 1.82) is 0 Å². The molecule has 1 aromatic carbocycles. The number of carbonyl (C=O) groups is 1. The van der Waals surface area contributed by atoms with E-state index >= 15 is 0 Å². The normalized spacial score (nSPS) is 10.1. The number of rotatable bonds is 4. The highest BCUT2D eigenvalue weighted by molar-refractivity contribution is 9.09. The van der Waals surface area contributed by atoms with E-state index in [1.165, 1.54) is 6.07 Å². The molecular formula is C10H10BrF2NO. The Hall–Kier alpha value is -0.970. The summed E-state index contributed by atoms with van der Waals surface area (Å²) >= 11 is 3.19. The lowest BCUT2D eigenvalue weighted by molar-refractivity contribution is 0.0945. The van der Waals surface area contributed by atoms with Gasteiger partial charge in [-0.1, -0.05) is 22.0 Å². The van der Waals surface area contributed by atoms with E-state index in [9.17, 15) is 13.6 Å². The van der Waals surface area contributed by atoms with Crippen LogP contribution in [0.3, 0.4) is 0 Å². The van der Waals surface area contributed by atoms with Gasteiger partial charge in [-0.05, 0) is 18.6 Å². The Bertz CT molecular complexity index is 337. The Morgan fingerprint density at radius 3 is 2.47 bits per heavy atom. The molecule has 5 heteroatoms. The van der Waals surface area contributed by atoms with Gasteiger partial charge >= 0.3 is 0 Å². The molecule has 1 N–H and O–H groups in total. The second-order valence-corrected chi connectivity index (χ2v) is 3.69. The second kappa shape index (κ2) is 5.80. The third-order valence-corrected chi connectivity index (χ3v) is 2.35. The van der Waals surface area contributed by atoms with Gasteiger partial charge in [-0.25, -0.2) is 8.78 Å². The molecule has 82 valence electrons. The molecule has 0 saturated carbocycles. The average Bonchev–Trinajstić information content (AvgIpc) is 2.18. The molecule has 1 amide bonds. The first-order valence-electron chi connectivity index (χ1n) is 4.45. The Balaban J connectivity index is 2.73. The number of nitrogens with one attached hydrogen (secondary N) is 1. The van der Waals surface area contributed by atoms with Gasteiger partial charge in [0.2, 0.25) is 0 Å². The Morgan fingerprint density at radius 1 is 1.33 bits per heavy atom. The molecule has 0 aromatic heterocycles. The fourth-order valence-electron chi connectivity index (χ4n) is 1.07. The zero-order valence-electron chi connectivity index (χ0n) is 7.90. The molecule has 0 aliphatic heterocycles. The minimum Gasteiger partial charge on any atom is -0.352 e. The first kappa shape index (κ1) is 12.1. The lowest BCUT2D eigenvalue weighted by Crippen LogP contribution is -2.26. The van der Waals surface area contributed by atoms with Gasteiger partial charge in [0, 0.05) is 11.9 Å². The van der Waals surface area contributed by atoms with Crippen molar-refractivity contribution in [2.75, 3.05) is 11.9 Å². The van der Waals surface area contributed by atoms with Crippen LogP contribution in [0.1, 0.15) is 16.8 Å². The van der Waals surface area contributed by atoms with E-state index in [1.54, 1.807) is 0 Å². The van der Waals surface area contributed by atoms with Gasteiger partial charge in [-0.2, -0.15) is 0 Å². The quantitative estimate of drug-likeness (QED) is 0.665. The molecule has 15 heavy (non-hydrogen) atoms. The molecule has 1 aromatic rings. The summed E-state index contributed by atoms with van der Waals surface area (Å²) in [6, 6.07) is 3.34. The lowest BCUT2D eigenvalue weighted by atomic mass is 10.2. The van der Waals surface area contributed by atoms with Gasteiger partial charge in [0.15, 0.2) is 0 Å². The van der Waals surface area contributed by atoms with E-state index < -0.39 is 23.1 Å². The fourth-order valence-corrected chi connectivity index (χ4v) is 1.35. The maximum absolute atomic E-state index is 13.1. The molecule has 0 fully saturated rings. The molecular weight excluding hydrogens is 268 g/mol. The topological polar surface area (TPSA) is 29.1 Å². The second-order valence-electron chi connectivity index (χ2n) is 2.90. The van der Waals surface area contributed by atoms with Gasteiger partial charge in [0.25, 0.3) is 5.91 Å². The third kappa shape index (κ3) is 3.27. The van der Waals surface area contributed by atoms with Crippen LogP contribution in [0.5, 0.6) is 0 Å². The maximum atomic E-state index is 13.1. The van der Waals surface area contributed by atoms with Crippen LogP contribution in [0, 0.1) is 11.6 Å². The summed E-state index contributed by atoms with van der Waals surface area (Å²) in [7, 11) is 0. The zero-order chi connectivity index (χ0) is 11.3. The molecule has 0 radical (unpaired) electrons. The lowest BCUT2D eigenvalue weighted by Gasteiger charge is -2.05. The molecule has 0 aliphatic carbocycles. The van der Waals surface area contributed by atoms with Crippen LogP contribution in [0.4, 0.5) is 8.78 Å². The molecule has 0 bridgehead atoms. The number of benzene rings is 1. The highest BCUT2D eigenvalue weighted by atomic mass is 79.9. The highest BCUT2D eigenvalue weighted by Gasteiger charge is 2.15. The van der Waals surface area contributed by atoms with Crippen LogP contribution in [0.2, 0.25) is 0 Å². The van der Waals surface area contributed by atoms with E-state index in [-0.39, 0.29) is 0 Å². The van der Waals surface area contributed by atoms with E-state index in [0.29, 0.717) is 13.0 Å². The van der Waals surface area contributed by atoms with Crippen molar-refractivity contribution in [3.63, 3.8) is 0 Å². The smallest absolute Gasteiger partial charge is 0.257 e. The van der Waals surface area contributed by atoms with Crippen molar-refractivity contribution < 1.29 is 13.6 Å². The summed E-state index contributed by atoms with van der Waals surface area (Å²) in [5.41, 5.74) is -0.521.